The van der Waals surface area contributed by atoms with Crippen molar-refractivity contribution in [2.45, 2.75) is 39.5 Å². The van der Waals surface area contributed by atoms with E-state index in [0.717, 1.165) is 94.9 Å². The predicted octanol–water partition coefficient (Wildman–Crippen LogP) is 6.39. The molecule has 0 saturated carbocycles. The second-order valence-corrected chi connectivity index (χ2v) is 15.7. The number of carbonyl (C=O) groups is 2. The van der Waals surface area contributed by atoms with Crippen LogP contribution in [0.25, 0.3) is 6.08 Å². The van der Waals surface area contributed by atoms with Crippen LogP contribution in [0.2, 0.25) is 0 Å². The van der Waals surface area contributed by atoms with Gasteiger partial charge in [-0.3, -0.25) is 40.0 Å². The first-order valence-electron chi connectivity index (χ1n) is 19.2. The number of aliphatic hydroxyl groups excluding tert-OH is 2. The van der Waals surface area contributed by atoms with Gasteiger partial charge >= 0.3 is 10.0 Å². The van der Waals surface area contributed by atoms with Crippen LogP contribution in [0, 0.1) is 26.0 Å². The minimum absolute atomic E-state index is 0. The number of nitrogens with zero attached hydrogens (tertiary/aromatic N) is 10. The normalized spacial score (nSPS) is 18.2. The molecule has 0 saturated heterocycles. The van der Waals surface area contributed by atoms with Gasteiger partial charge < -0.3 is 40.4 Å². The third-order valence-corrected chi connectivity index (χ3v) is 11.5. The van der Waals surface area contributed by atoms with Gasteiger partial charge in [0.2, 0.25) is 5.69 Å². The molecule has 4 aromatic rings. The van der Waals surface area contributed by atoms with Crippen molar-refractivity contribution in [3.05, 3.63) is 150 Å². The third kappa shape index (κ3) is 12.5. The van der Waals surface area contributed by atoms with E-state index in [1.165, 1.54) is 30.4 Å². The van der Waals surface area contributed by atoms with Gasteiger partial charge in [0.05, 0.1) is 15.3 Å². The van der Waals surface area contributed by atoms with Gasteiger partial charge in [0, 0.05) is 99.0 Å². The number of ketones is 2. The molecule has 1 atom stereocenters. The van der Waals surface area contributed by atoms with Crippen LogP contribution in [-0.2, 0) is 31.8 Å². The number of fused-ring (bicyclic) bond motifs is 1. The number of rotatable bonds is 10. The van der Waals surface area contributed by atoms with E-state index in [-0.39, 0.29) is 87.9 Å². The van der Waals surface area contributed by atoms with E-state index in [1.54, 1.807) is 6.07 Å². The van der Waals surface area contributed by atoms with Crippen molar-refractivity contribution < 1.29 is 60.5 Å². The second kappa shape index (κ2) is 22.4. The minimum atomic E-state index is -0.583. The number of hydrogen-bond donors (Lipinski definition) is 3. The van der Waals surface area contributed by atoms with Crippen molar-refractivity contribution in [2.75, 3.05) is 25.0 Å². The maximum absolute atomic E-state index is 13.9. The van der Waals surface area contributed by atoms with E-state index >= 15 is 0 Å². The molecule has 3 heterocycles. The molecule has 2 aromatic heterocycles. The molecule has 341 valence electrons. The summed E-state index contributed by atoms with van der Waals surface area (Å²) >= 11 is 1.51. The van der Waals surface area contributed by atoms with Gasteiger partial charge in [-0.15, -0.1) is 0 Å². The number of phenolic OH excluding ortho intramolecular Hbond substituents is 1. The fourth-order valence-corrected chi connectivity index (χ4v) is 7.43. The number of aromatic hydroxyl groups is 1. The van der Waals surface area contributed by atoms with Crippen molar-refractivity contribution in [1.29, 1.82) is 0 Å². The Morgan fingerprint density at radius 2 is 1.32 bits per heavy atom. The molecule has 2 aromatic carbocycles. The number of phenols is 1. The smallest absolute Gasteiger partial charge is 0.319 e. The third-order valence-electron chi connectivity index (χ3n) is 9.81. The minimum Gasteiger partial charge on any atom is -0.507 e. The van der Waals surface area contributed by atoms with Gasteiger partial charge in [-0.1, -0.05) is 29.6 Å². The molecular formula is C42H40CoFN10O9S2-. The van der Waals surface area contributed by atoms with Crippen LogP contribution in [0.3, 0.4) is 0 Å². The Labute approximate surface area is 388 Å². The largest absolute Gasteiger partial charge is 0.507 e. The molecule has 1 unspecified atom stereocenters. The van der Waals surface area contributed by atoms with E-state index in [0.29, 0.717) is 0 Å². The number of anilines is 1. The van der Waals surface area contributed by atoms with Crippen LogP contribution >= 0.6 is 22.7 Å². The zero-order valence-corrected chi connectivity index (χ0v) is 37.8. The summed E-state index contributed by atoms with van der Waals surface area (Å²) in [7, 11) is 2.01. The van der Waals surface area contributed by atoms with Gasteiger partial charge in [0.25, 0.3) is 0 Å². The SMILES string of the molecule is CCN(CC)c1ccc(/C=C/C2=[N+](C)c3ccc(F)cc3C2(C)CC)c(O)c1.O=C1C=CC(=NN=c2[n-]cc([N+](=O)[O-])s2)C(O)=C1.O=C1C=CC(=NN=c2[n-]cc([N+](=O)[O-])s2)C(O)=C1.[Co]. The Morgan fingerprint density at radius 3 is 1.75 bits per heavy atom. The van der Waals surface area contributed by atoms with Crippen LogP contribution in [0.1, 0.15) is 45.2 Å². The van der Waals surface area contributed by atoms with Crippen molar-refractivity contribution in [3.8, 4) is 5.75 Å². The molecule has 3 N–H and O–H groups in total. The van der Waals surface area contributed by atoms with E-state index in [2.05, 4.69) is 67.5 Å². The number of allylic oxidation sites excluding steroid dienone is 7. The fourth-order valence-electron chi connectivity index (χ4n) is 6.32. The molecular weight excluding hydrogens is 931 g/mol. The summed E-state index contributed by atoms with van der Waals surface area (Å²) in [6.07, 6.45) is 14.0. The Bertz CT molecular complexity index is 2780. The molecule has 19 nitrogen and oxygen atoms in total. The topological polar surface area (TPSA) is 265 Å². The van der Waals surface area contributed by atoms with Gasteiger partial charge in [-0.2, -0.15) is 4.58 Å². The van der Waals surface area contributed by atoms with E-state index < -0.39 is 9.85 Å². The Balaban J connectivity index is 0.000000220. The number of halogens is 1. The molecule has 0 fully saturated rings. The molecule has 1 radical (unpaired) electrons. The predicted molar refractivity (Wildman–Crippen MR) is 240 cm³/mol. The molecule has 23 heteroatoms. The summed E-state index contributed by atoms with van der Waals surface area (Å²) in [5.74, 6) is -1.26. The molecule has 2 aliphatic carbocycles. The van der Waals surface area contributed by atoms with E-state index in [1.807, 2.05) is 43.5 Å². The molecule has 0 spiro atoms. The van der Waals surface area contributed by atoms with Gasteiger partial charge in [0.1, 0.15) is 41.6 Å². The summed E-state index contributed by atoms with van der Waals surface area (Å²) < 4.78 is 16.0. The zero-order valence-electron chi connectivity index (χ0n) is 35.1. The summed E-state index contributed by atoms with van der Waals surface area (Å²) in [4.78, 5) is 51.1. The Kier molecular flexibility index (Phi) is 17.4. The Hall–Kier alpha value is -7.21. The summed E-state index contributed by atoms with van der Waals surface area (Å²) in [5.41, 5.74) is 4.86. The summed E-state index contributed by atoms with van der Waals surface area (Å²) in [6.45, 7) is 10.3. The van der Waals surface area contributed by atoms with Crippen LogP contribution < -0.4 is 24.5 Å². The number of aliphatic hydroxyl groups is 2. The molecule has 0 amide bonds. The number of thiazole rings is 2. The van der Waals surface area contributed by atoms with Crippen molar-refractivity contribution in [3.63, 3.8) is 0 Å². The van der Waals surface area contributed by atoms with E-state index in [9.17, 15) is 49.5 Å². The Morgan fingerprint density at radius 1 is 0.800 bits per heavy atom. The maximum atomic E-state index is 13.9. The summed E-state index contributed by atoms with van der Waals surface area (Å²) in [5, 5.41) is 64.4. The quantitative estimate of drug-likeness (QED) is 0.0676. The number of carbonyl (C=O) groups excluding carboxylic acids is 2. The first-order valence-corrected chi connectivity index (χ1v) is 20.8. The number of hydrogen-bond acceptors (Lipinski definition) is 16. The van der Waals surface area contributed by atoms with Crippen molar-refractivity contribution in [1.82, 2.24) is 9.97 Å². The summed E-state index contributed by atoms with van der Waals surface area (Å²) in [6, 6.07) is 10.8. The number of benzene rings is 2. The average molecular weight is 971 g/mol. The zero-order chi connectivity index (χ0) is 46.7. The fraction of sp³-hybridized carbons (Fsp3) is 0.214. The first-order chi connectivity index (χ1) is 30.5. The van der Waals surface area contributed by atoms with E-state index in [4.69, 9.17) is 0 Å². The van der Waals surface area contributed by atoms with Crippen LogP contribution in [0.4, 0.5) is 25.8 Å². The average Bonchev–Trinajstić information content (AvgIpc) is 3.99. The van der Waals surface area contributed by atoms with Crippen molar-refractivity contribution >= 4 is 78.8 Å². The number of nitro groups is 2. The molecule has 65 heavy (non-hydrogen) atoms. The van der Waals surface area contributed by atoms with Crippen LogP contribution in [0.15, 0.2) is 123 Å². The standard InChI is InChI=1S/C24H29FN2O.2C9H6N4O4S.Co/c1-6-24(4)20-15-18(25)11-13-21(20)26(5)23(24)14-10-17-9-12-19(16-22(17)28)27(7-2)8-3;2*14-5-1-2-6(7(15)3-5)11-12-9-10-4-8(18-9)13(16)17;/h9-16H,6-8H2,1-5H3;2*1-4H,(H2,10,12,14,15);/p-1. The van der Waals surface area contributed by atoms with Gasteiger partial charge in [-0.05, 0) is 81.8 Å². The second-order valence-electron chi connectivity index (χ2n) is 13.7. The molecule has 7 rings (SSSR count). The van der Waals surface area contributed by atoms with Crippen LogP contribution in [0.5, 0.6) is 5.75 Å². The van der Waals surface area contributed by atoms with Crippen LogP contribution in [-0.4, -0.2) is 78.6 Å². The number of aromatic nitrogens is 2. The molecule has 3 aliphatic rings. The first kappa shape index (κ1) is 50.4. The van der Waals surface area contributed by atoms with Gasteiger partial charge in [-0.25, -0.2) is 4.39 Å². The molecule has 0 bridgehead atoms. The van der Waals surface area contributed by atoms with Gasteiger partial charge in [0.15, 0.2) is 17.3 Å². The van der Waals surface area contributed by atoms with Crippen molar-refractivity contribution in [2.24, 2.45) is 20.4 Å². The maximum Gasteiger partial charge on any atom is 0.319 e. The monoisotopic (exact) mass is 970 g/mol. The molecule has 1 aliphatic heterocycles.